The van der Waals surface area contributed by atoms with Gasteiger partial charge in [-0.2, -0.15) is 0 Å². The predicted octanol–water partition coefficient (Wildman–Crippen LogP) is 7.14. The highest BCUT2D eigenvalue weighted by Gasteiger charge is 2.37. The first-order valence-corrected chi connectivity index (χ1v) is 13.0. The number of carbonyl (C=O) groups is 2. The highest BCUT2D eigenvalue weighted by molar-refractivity contribution is 5.96. The molecule has 0 aromatic heterocycles. The second-order valence-electron chi connectivity index (χ2n) is 11.2. The molecule has 0 radical (unpaired) electrons. The molecule has 4 heteroatoms. The van der Waals surface area contributed by atoms with Crippen LogP contribution in [0.1, 0.15) is 111 Å². The van der Waals surface area contributed by atoms with E-state index in [0.29, 0.717) is 5.56 Å². The molecule has 0 spiro atoms. The number of aliphatic carboxylic acids is 1. The van der Waals surface area contributed by atoms with Crippen molar-refractivity contribution in [2.45, 2.75) is 90.4 Å². The molecule has 35 heavy (non-hydrogen) atoms. The smallest absolute Gasteiger partial charge is 0.322 e. The lowest BCUT2D eigenvalue weighted by atomic mass is 9.62. The van der Waals surface area contributed by atoms with E-state index in [9.17, 15) is 9.59 Å². The minimum atomic E-state index is -1.06. The molecule has 0 bridgehead atoms. The van der Waals surface area contributed by atoms with Crippen molar-refractivity contribution in [3.05, 3.63) is 69.8 Å². The van der Waals surface area contributed by atoms with Gasteiger partial charge in [-0.3, -0.25) is 9.59 Å². The molecule has 1 aliphatic carbocycles. The Morgan fingerprint density at radius 3 is 2.14 bits per heavy atom. The van der Waals surface area contributed by atoms with Gasteiger partial charge in [-0.25, -0.2) is 0 Å². The van der Waals surface area contributed by atoms with Gasteiger partial charge in [0, 0.05) is 5.56 Å². The Morgan fingerprint density at radius 2 is 1.54 bits per heavy atom. The van der Waals surface area contributed by atoms with E-state index in [1.165, 1.54) is 60.8 Å². The van der Waals surface area contributed by atoms with Gasteiger partial charge in [0.2, 0.25) is 0 Å². The lowest BCUT2D eigenvalue weighted by Crippen LogP contribution is -2.34. The van der Waals surface area contributed by atoms with Crippen molar-refractivity contribution in [3.63, 3.8) is 0 Å². The van der Waals surface area contributed by atoms with Crippen molar-refractivity contribution >= 4 is 24.0 Å². The molecular weight excluding hydrogens is 434 g/mol. The number of amides is 1. The average Bonchev–Trinajstić information content (AvgIpc) is 2.82. The molecule has 1 aliphatic rings. The van der Waals surface area contributed by atoms with Gasteiger partial charge < -0.3 is 10.4 Å². The Labute approximate surface area is 210 Å². The predicted molar refractivity (Wildman–Crippen MR) is 145 cm³/mol. The highest BCUT2D eigenvalue weighted by atomic mass is 16.4. The van der Waals surface area contributed by atoms with Crippen LogP contribution < -0.4 is 5.32 Å². The maximum absolute atomic E-state index is 12.1. The fraction of sp³-hybridized carbons (Fsp3) is 0.484. The lowest BCUT2D eigenvalue weighted by molar-refractivity contribution is -0.135. The van der Waals surface area contributed by atoms with Crippen LogP contribution in [-0.2, 0) is 22.0 Å². The SMILES string of the molecule is CCCCCCc1cc2c(cc1C=Cc1ccc(C(=O)NCC(=O)O)cc1)C(C)(C)CCC2(C)C. The number of benzene rings is 2. The van der Waals surface area contributed by atoms with Crippen LogP contribution in [0.4, 0.5) is 0 Å². The van der Waals surface area contributed by atoms with Crippen LogP contribution in [0.3, 0.4) is 0 Å². The zero-order chi connectivity index (χ0) is 25.6. The first kappa shape index (κ1) is 26.7. The molecule has 3 rings (SSSR count). The van der Waals surface area contributed by atoms with Crippen molar-refractivity contribution in [2.75, 3.05) is 6.54 Å². The summed E-state index contributed by atoms with van der Waals surface area (Å²) in [5.74, 6) is -1.43. The monoisotopic (exact) mass is 475 g/mol. The van der Waals surface area contributed by atoms with Gasteiger partial charge in [0.05, 0.1) is 0 Å². The molecule has 188 valence electrons. The Kier molecular flexibility index (Phi) is 8.58. The first-order chi connectivity index (χ1) is 16.5. The molecular formula is C31H41NO3. The quantitative estimate of drug-likeness (QED) is 0.283. The number of carbonyl (C=O) groups excluding carboxylic acids is 1. The lowest BCUT2D eigenvalue weighted by Gasteiger charge is -2.42. The van der Waals surface area contributed by atoms with Gasteiger partial charge in [-0.15, -0.1) is 0 Å². The van der Waals surface area contributed by atoms with Gasteiger partial charge >= 0.3 is 5.97 Å². The van der Waals surface area contributed by atoms with Gasteiger partial charge in [0.1, 0.15) is 6.54 Å². The van der Waals surface area contributed by atoms with Gasteiger partial charge in [-0.1, -0.05) is 90.3 Å². The summed E-state index contributed by atoms with van der Waals surface area (Å²) in [6.45, 7) is 11.4. The van der Waals surface area contributed by atoms with Crippen LogP contribution in [0, 0.1) is 0 Å². The molecule has 0 saturated heterocycles. The summed E-state index contributed by atoms with van der Waals surface area (Å²) < 4.78 is 0. The van der Waals surface area contributed by atoms with Crippen LogP contribution in [-0.4, -0.2) is 23.5 Å². The number of unbranched alkanes of at least 4 members (excludes halogenated alkanes) is 3. The minimum Gasteiger partial charge on any atom is -0.480 e. The molecule has 0 fully saturated rings. The van der Waals surface area contributed by atoms with E-state index in [4.69, 9.17) is 5.11 Å². The standard InChI is InChI=1S/C31H41NO3/c1-6-7-8-9-10-24-19-26-27(31(4,5)18-17-30(26,2)3)20-25(24)16-13-22-11-14-23(15-12-22)29(35)32-21-28(33)34/h11-16,19-20H,6-10,17-18,21H2,1-5H3,(H,32,35)(H,33,34). The molecule has 2 N–H and O–H groups in total. The third-order valence-electron chi connectivity index (χ3n) is 7.44. The number of nitrogens with one attached hydrogen (secondary N) is 1. The molecule has 0 unspecified atom stereocenters. The van der Waals surface area contributed by atoms with E-state index in [1.807, 2.05) is 12.1 Å². The van der Waals surface area contributed by atoms with E-state index < -0.39 is 5.97 Å². The number of rotatable bonds is 10. The molecule has 1 amide bonds. The molecule has 0 atom stereocenters. The van der Waals surface area contributed by atoms with Crippen LogP contribution in [0.15, 0.2) is 36.4 Å². The van der Waals surface area contributed by atoms with Crippen molar-refractivity contribution in [3.8, 4) is 0 Å². The summed E-state index contributed by atoms with van der Waals surface area (Å²) in [6.07, 6.45) is 12.8. The first-order valence-electron chi connectivity index (χ1n) is 13.0. The Bertz CT molecular complexity index is 1080. The number of hydrogen-bond donors (Lipinski definition) is 2. The minimum absolute atomic E-state index is 0.166. The normalized spacial score (nSPS) is 16.1. The van der Waals surface area contributed by atoms with Crippen molar-refractivity contribution in [2.24, 2.45) is 0 Å². The summed E-state index contributed by atoms with van der Waals surface area (Å²) >= 11 is 0. The van der Waals surface area contributed by atoms with E-state index >= 15 is 0 Å². The zero-order valence-electron chi connectivity index (χ0n) is 22.0. The van der Waals surface area contributed by atoms with Gasteiger partial charge in [-0.05, 0) is 76.5 Å². The number of aryl methyl sites for hydroxylation is 1. The molecule has 2 aromatic rings. The second kappa shape index (κ2) is 11.2. The molecule has 2 aromatic carbocycles. The summed E-state index contributed by atoms with van der Waals surface area (Å²) in [5.41, 5.74) is 7.51. The summed E-state index contributed by atoms with van der Waals surface area (Å²) in [7, 11) is 0. The largest absolute Gasteiger partial charge is 0.480 e. The van der Waals surface area contributed by atoms with Gasteiger partial charge in [0.25, 0.3) is 5.91 Å². The van der Waals surface area contributed by atoms with Crippen LogP contribution in [0.25, 0.3) is 12.2 Å². The van der Waals surface area contributed by atoms with E-state index in [-0.39, 0.29) is 23.3 Å². The third kappa shape index (κ3) is 6.84. The zero-order valence-corrected chi connectivity index (χ0v) is 22.0. The topological polar surface area (TPSA) is 66.4 Å². The Hall–Kier alpha value is -2.88. The van der Waals surface area contributed by atoms with Gasteiger partial charge in [0.15, 0.2) is 0 Å². The molecule has 0 saturated carbocycles. The van der Waals surface area contributed by atoms with Crippen LogP contribution in [0.5, 0.6) is 0 Å². The summed E-state index contributed by atoms with van der Waals surface area (Å²) in [5, 5.41) is 11.1. The maximum Gasteiger partial charge on any atom is 0.322 e. The number of carboxylic acid groups (broad SMARTS) is 1. The van der Waals surface area contributed by atoms with E-state index in [0.717, 1.165) is 12.0 Å². The fourth-order valence-corrected chi connectivity index (χ4v) is 4.98. The van der Waals surface area contributed by atoms with E-state index in [2.05, 4.69) is 64.2 Å². The number of carboxylic acids is 1. The summed E-state index contributed by atoms with van der Waals surface area (Å²) in [6, 6.07) is 12.2. The van der Waals surface area contributed by atoms with Crippen molar-refractivity contribution in [1.29, 1.82) is 0 Å². The van der Waals surface area contributed by atoms with Crippen molar-refractivity contribution in [1.82, 2.24) is 5.32 Å². The second-order valence-corrected chi connectivity index (χ2v) is 11.2. The molecule has 0 heterocycles. The van der Waals surface area contributed by atoms with Crippen LogP contribution in [0.2, 0.25) is 0 Å². The average molecular weight is 476 g/mol. The summed E-state index contributed by atoms with van der Waals surface area (Å²) in [4.78, 5) is 22.8. The van der Waals surface area contributed by atoms with E-state index in [1.54, 1.807) is 12.1 Å². The Morgan fingerprint density at radius 1 is 0.914 bits per heavy atom. The Balaban J connectivity index is 1.89. The third-order valence-corrected chi connectivity index (χ3v) is 7.44. The molecule has 4 nitrogen and oxygen atoms in total. The van der Waals surface area contributed by atoms with Crippen molar-refractivity contribution < 1.29 is 14.7 Å². The number of fused-ring (bicyclic) bond motifs is 1. The highest BCUT2D eigenvalue weighted by Crippen LogP contribution is 2.47. The van der Waals surface area contributed by atoms with Crippen LogP contribution >= 0.6 is 0 Å². The maximum atomic E-state index is 12.1. The fourth-order valence-electron chi connectivity index (χ4n) is 4.98. The number of hydrogen-bond acceptors (Lipinski definition) is 2. The molecule has 0 aliphatic heterocycles.